The summed E-state index contributed by atoms with van der Waals surface area (Å²) >= 11 is 1.54. The van der Waals surface area contributed by atoms with Crippen LogP contribution in [0.25, 0.3) is 21.3 Å². The summed E-state index contributed by atoms with van der Waals surface area (Å²) in [5, 5.41) is 24.5. The smallest absolute Gasteiger partial charge is 0.226 e. The number of piperidine rings is 1. The highest BCUT2D eigenvalue weighted by Crippen LogP contribution is 2.40. The number of nitrogens with one attached hydrogen (secondary N) is 1. The van der Waals surface area contributed by atoms with Crippen molar-refractivity contribution in [3.8, 4) is 11.1 Å². The summed E-state index contributed by atoms with van der Waals surface area (Å²) in [6.45, 7) is 2.37. The van der Waals surface area contributed by atoms with Gasteiger partial charge in [0.15, 0.2) is 0 Å². The van der Waals surface area contributed by atoms with Crippen molar-refractivity contribution in [2.24, 2.45) is 5.92 Å². The first-order chi connectivity index (χ1) is 14.2. The van der Waals surface area contributed by atoms with Gasteiger partial charge in [0.2, 0.25) is 5.95 Å². The van der Waals surface area contributed by atoms with Crippen LogP contribution in [0.15, 0.2) is 29.6 Å². The van der Waals surface area contributed by atoms with Crippen LogP contribution in [-0.2, 0) is 0 Å². The van der Waals surface area contributed by atoms with Crippen molar-refractivity contribution >= 4 is 33.3 Å². The van der Waals surface area contributed by atoms with Crippen molar-refractivity contribution in [2.45, 2.75) is 19.3 Å². The SMILES string of the molecule is OCCNc1nc(N2CCC(CCO)CC2)c2c(-c3ccc(F)cc3)csc2n1. The summed E-state index contributed by atoms with van der Waals surface area (Å²) < 4.78 is 13.4. The van der Waals surface area contributed by atoms with Crippen LogP contribution in [0, 0.1) is 11.7 Å². The van der Waals surface area contributed by atoms with E-state index in [1.54, 1.807) is 23.5 Å². The molecule has 1 aliphatic heterocycles. The maximum Gasteiger partial charge on any atom is 0.226 e. The lowest BCUT2D eigenvalue weighted by Gasteiger charge is -2.33. The van der Waals surface area contributed by atoms with E-state index in [0.29, 0.717) is 18.4 Å². The number of anilines is 2. The number of aromatic nitrogens is 2. The number of benzene rings is 1. The molecule has 4 rings (SSSR count). The summed E-state index contributed by atoms with van der Waals surface area (Å²) in [4.78, 5) is 12.6. The van der Waals surface area contributed by atoms with E-state index in [9.17, 15) is 9.50 Å². The Hall–Kier alpha value is -2.29. The number of hydrogen-bond acceptors (Lipinski definition) is 7. The van der Waals surface area contributed by atoms with Crippen LogP contribution in [-0.4, -0.2) is 53.0 Å². The van der Waals surface area contributed by atoms with Crippen LogP contribution in [0.3, 0.4) is 0 Å². The minimum Gasteiger partial charge on any atom is -0.396 e. The van der Waals surface area contributed by atoms with E-state index in [4.69, 9.17) is 10.1 Å². The molecular weight excluding hydrogens is 391 g/mol. The van der Waals surface area contributed by atoms with Gasteiger partial charge in [0, 0.05) is 37.2 Å². The standard InChI is InChI=1S/C21H25FN4O2S/c22-16-3-1-15(2-4-16)17-13-29-20-18(17)19(24-21(25-20)23-8-12-28)26-9-5-14(6-10-26)7-11-27/h1-4,13-14,27-28H,5-12H2,(H,23,24,25). The van der Waals surface area contributed by atoms with Crippen LogP contribution in [0.5, 0.6) is 0 Å². The maximum absolute atomic E-state index is 13.4. The molecule has 2 aromatic heterocycles. The van der Waals surface area contributed by atoms with Gasteiger partial charge < -0.3 is 20.4 Å². The van der Waals surface area contributed by atoms with Gasteiger partial charge in [0.05, 0.1) is 12.0 Å². The zero-order valence-electron chi connectivity index (χ0n) is 16.1. The van der Waals surface area contributed by atoms with E-state index in [0.717, 1.165) is 59.5 Å². The average molecular weight is 417 g/mol. The van der Waals surface area contributed by atoms with Crippen LogP contribution in [0.4, 0.5) is 16.2 Å². The summed E-state index contributed by atoms with van der Waals surface area (Å²) in [5.41, 5.74) is 1.94. The van der Waals surface area contributed by atoms with Gasteiger partial charge in [-0.3, -0.25) is 0 Å². The van der Waals surface area contributed by atoms with Gasteiger partial charge in [-0.1, -0.05) is 12.1 Å². The Bertz CT molecular complexity index is 955. The van der Waals surface area contributed by atoms with Gasteiger partial charge in [0.25, 0.3) is 0 Å². The molecule has 1 aliphatic rings. The van der Waals surface area contributed by atoms with E-state index >= 15 is 0 Å². The number of aliphatic hydroxyl groups is 2. The molecule has 0 amide bonds. The Labute approximate surface area is 173 Å². The highest BCUT2D eigenvalue weighted by atomic mass is 32.1. The molecule has 8 heteroatoms. The normalized spacial score (nSPS) is 15.2. The van der Waals surface area contributed by atoms with E-state index in [1.165, 1.54) is 12.1 Å². The largest absolute Gasteiger partial charge is 0.396 e. The molecule has 1 aromatic carbocycles. The predicted molar refractivity (Wildman–Crippen MR) is 115 cm³/mol. The average Bonchev–Trinajstić information content (AvgIpc) is 3.17. The minimum atomic E-state index is -0.258. The lowest BCUT2D eigenvalue weighted by atomic mass is 9.93. The molecule has 6 nitrogen and oxygen atoms in total. The van der Waals surface area contributed by atoms with Gasteiger partial charge in [0.1, 0.15) is 16.5 Å². The predicted octanol–water partition coefficient (Wildman–Crippen LogP) is 3.50. The zero-order valence-corrected chi connectivity index (χ0v) is 17.0. The number of nitrogens with zero attached hydrogens (tertiary/aromatic N) is 3. The quantitative estimate of drug-likeness (QED) is 0.547. The monoisotopic (exact) mass is 416 g/mol. The van der Waals surface area contributed by atoms with Crippen molar-refractivity contribution in [3.05, 3.63) is 35.5 Å². The fraction of sp³-hybridized carbons (Fsp3) is 0.429. The molecule has 0 bridgehead atoms. The van der Waals surface area contributed by atoms with Crippen LogP contribution in [0.2, 0.25) is 0 Å². The molecule has 0 aliphatic carbocycles. The molecule has 154 valence electrons. The Kier molecular flexibility index (Phi) is 6.22. The molecule has 1 fully saturated rings. The second-order valence-corrected chi connectivity index (χ2v) is 8.16. The van der Waals surface area contributed by atoms with Crippen molar-refractivity contribution in [3.63, 3.8) is 0 Å². The van der Waals surface area contributed by atoms with Gasteiger partial charge in [-0.25, -0.2) is 9.37 Å². The van der Waals surface area contributed by atoms with Gasteiger partial charge in [-0.2, -0.15) is 4.98 Å². The summed E-state index contributed by atoms with van der Waals surface area (Å²) in [6.07, 6.45) is 2.87. The van der Waals surface area contributed by atoms with Gasteiger partial charge in [-0.05, 0) is 42.9 Å². The molecule has 29 heavy (non-hydrogen) atoms. The van der Waals surface area contributed by atoms with Crippen LogP contribution >= 0.6 is 11.3 Å². The third-order valence-electron chi connectivity index (χ3n) is 5.42. The molecular formula is C21H25FN4O2S. The molecule has 1 saturated heterocycles. The van der Waals surface area contributed by atoms with E-state index in [2.05, 4.69) is 15.2 Å². The van der Waals surface area contributed by atoms with Crippen molar-refractivity contribution < 1.29 is 14.6 Å². The molecule has 0 unspecified atom stereocenters. The third-order valence-corrected chi connectivity index (χ3v) is 6.29. The molecule has 3 heterocycles. The van der Waals surface area contributed by atoms with E-state index in [-0.39, 0.29) is 19.0 Å². The fourth-order valence-electron chi connectivity index (χ4n) is 3.86. The number of thiophene rings is 1. The number of rotatable bonds is 7. The van der Waals surface area contributed by atoms with Crippen molar-refractivity contribution in [1.29, 1.82) is 0 Å². The maximum atomic E-state index is 13.4. The number of fused-ring (bicyclic) bond motifs is 1. The van der Waals surface area contributed by atoms with Crippen LogP contribution < -0.4 is 10.2 Å². The second kappa shape index (κ2) is 9.02. The summed E-state index contributed by atoms with van der Waals surface area (Å²) in [6, 6.07) is 6.51. The molecule has 3 aromatic rings. The third kappa shape index (κ3) is 4.34. The Morgan fingerprint density at radius 1 is 1.10 bits per heavy atom. The Balaban J connectivity index is 1.74. The first-order valence-electron chi connectivity index (χ1n) is 9.95. The Morgan fingerprint density at radius 3 is 2.55 bits per heavy atom. The van der Waals surface area contributed by atoms with Crippen molar-refractivity contribution in [1.82, 2.24) is 9.97 Å². The first kappa shape index (κ1) is 20.0. The molecule has 0 saturated carbocycles. The lowest BCUT2D eigenvalue weighted by molar-refractivity contribution is 0.240. The van der Waals surface area contributed by atoms with Gasteiger partial charge in [-0.15, -0.1) is 11.3 Å². The molecule has 3 N–H and O–H groups in total. The zero-order chi connectivity index (χ0) is 20.2. The summed E-state index contributed by atoms with van der Waals surface area (Å²) in [7, 11) is 0. The van der Waals surface area contributed by atoms with Crippen molar-refractivity contribution in [2.75, 3.05) is 43.1 Å². The molecule has 0 spiro atoms. The topological polar surface area (TPSA) is 81.5 Å². The fourth-order valence-corrected chi connectivity index (χ4v) is 4.80. The lowest BCUT2D eigenvalue weighted by Crippen LogP contribution is -2.34. The van der Waals surface area contributed by atoms with Gasteiger partial charge >= 0.3 is 0 Å². The minimum absolute atomic E-state index is 0.00849. The summed E-state index contributed by atoms with van der Waals surface area (Å²) in [5.74, 6) is 1.66. The highest BCUT2D eigenvalue weighted by Gasteiger charge is 2.24. The molecule has 0 radical (unpaired) electrons. The van der Waals surface area contributed by atoms with E-state index < -0.39 is 0 Å². The molecule has 0 atom stereocenters. The number of halogens is 1. The first-order valence-corrected chi connectivity index (χ1v) is 10.8. The van der Waals surface area contributed by atoms with Crippen LogP contribution in [0.1, 0.15) is 19.3 Å². The number of hydrogen-bond donors (Lipinski definition) is 3. The number of aliphatic hydroxyl groups excluding tert-OH is 2. The second-order valence-electron chi connectivity index (χ2n) is 7.30. The highest BCUT2D eigenvalue weighted by molar-refractivity contribution is 7.17. The van der Waals surface area contributed by atoms with E-state index in [1.807, 2.05) is 5.38 Å². The Morgan fingerprint density at radius 2 is 1.86 bits per heavy atom.